The van der Waals surface area contributed by atoms with E-state index in [0.717, 1.165) is 17.0 Å². The predicted octanol–water partition coefficient (Wildman–Crippen LogP) is 2.60. The SMILES string of the molecule is Cc1ccc(NC(=O)COC(=O)CCc2c(C)nn(C)c2C)cc1F. The number of benzene rings is 1. The molecule has 134 valence electrons. The number of aromatic nitrogens is 2. The maximum atomic E-state index is 13.4. The van der Waals surface area contributed by atoms with Crippen molar-refractivity contribution in [3.8, 4) is 0 Å². The largest absolute Gasteiger partial charge is 0.456 e. The molecule has 0 aliphatic carbocycles. The second-order valence-corrected chi connectivity index (χ2v) is 5.95. The van der Waals surface area contributed by atoms with Gasteiger partial charge in [0.15, 0.2) is 6.61 Å². The van der Waals surface area contributed by atoms with Crippen molar-refractivity contribution in [2.75, 3.05) is 11.9 Å². The van der Waals surface area contributed by atoms with Crippen LogP contribution in [0.5, 0.6) is 0 Å². The third kappa shape index (κ3) is 4.89. The van der Waals surface area contributed by atoms with Gasteiger partial charge in [0.1, 0.15) is 5.82 Å². The summed E-state index contributed by atoms with van der Waals surface area (Å²) >= 11 is 0. The number of carbonyl (C=O) groups is 2. The highest BCUT2D eigenvalue weighted by Crippen LogP contribution is 2.15. The van der Waals surface area contributed by atoms with E-state index in [9.17, 15) is 14.0 Å². The number of nitrogens with one attached hydrogen (secondary N) is 1. The molecule has 0 saturated carbocycles. The molecule has 0 unspecified atom stereocenters. The van der Waals surface area contributed by atoms with Gasteiger partial charge in [-0.05, 0) is 50.5 Å². The first kappa shape index (κ1) is 18.6. The van der Waals surface area contributed by atoms with Crippen molar-refractivity contribution in [1.82, 2.24) is 9.78 Å². The van der Waals surface area contributed by atoms with Crippen molar-refractivity contribution in [2.24, 2.45) is 7.05 Å². The van der Waals surface area contributed by atoms with Crippen LogP contribution in [-0.2, 0) is 27.8 Å². The van der Waals surface area contributed by atoms with Crippen molar-refractivity contribution in [1.29, 1.82) is 0 Å². The van der Waals surface area contributed by atoms with E-state index in [4.69, 9.17) is 4.74 Å². The first-order valence-corrected chi connectivity index (χ1v) is 7.98. The van der Waals surface area contributed by atoms with Crippen LogP contribution in [0.3, 0.4) is 0 Å². The Kier molecular flexibility index (Phi) is 5.90. The zero-order chi connectivity index (χ0) is 18.6. The lowest BCUT2D eigenvalue weighted by atomic mass is 10.1. The quantitative estimate of drug-likeness (QED) is 0.815. The number of carbonyl (C=O) groups excluding carboxylic acids is 2. The minimum atomic E-state index is -0.509. The summed E-state index contributed by atoms with van der Waals surface area (Å²) < 4.78 is 20.2. The number of nitrogens with zero attached hydrogens (tertiary/aromatic N) is 2. The first-order chi connectivity index (χ1) is 11.8. The van der Waals surface area contributed by atoms with E-state index in [2.05, 4.69) is 10.4 Å². The maximum Gasteiger partial charge on any atom is 0.306 e. The smallest absolute Gasteiger partial charge is 0.306 e. The zero-order valence-electron chi connectivity index (χ0n) is 14.9. The number of halogens is 1. The Hall–Kier alpha value is -2.70. The second-order valence-electron chi connectivity index (χ2n) is 5.95. The minimum absolute atomic E-state index is 0.166. The Morgan fingerprint density at radius 2 is 2.00 bits per heavy atom. The second kappa shape index (κ2) is 7.92. The number of rotatable bonds is 6. The van der Waals surface area contributed by atoms with Crippen molar-refractivity contribution in [3.05, 3.63) is 46.5 Å². The summed E-state index contributed by atoms with van der Waals surface area (Å²) in [7, 11) is 1.85. The van der Waals surface area contributed by atoms with Crippen LogP contribution in [0.2, 0.25) is 0 Å². The monoisotopic (exact) mass is 347 g/mol. The summed E-state index contributed by atoms with van der Waals surface area (Å²) in [6, 6.07) is 4.38. The number of amides is 1. The van der Waals surface area contributed by atoms with Crippen molar-refractivity contribution in [3.63, 3.8) is 0 Å². The summed E-state index contributed by atoms with van der Waals surface area (Å²) in [4.78, 5) is 23.6. The third-order valence-corrected chi connectivity index (χ3v) is 4.06. The molecule has 1 aromatic carbocycles. The lowest BCUT2D eigenvalue weighted by Crippen LogP contribution is -2.21. The number of hydrogen-bond acceptors (Lipinski definition) is 4. The Morgan fingerprint density at radius 1 is 1.28 bits per heavy atom. The van der Waals surface area contributed by atoms with Crippen LogP contribution in [0, 0.1) is 26.6 Å². The molecule has 0 aliphatic heterocycles. The predicted molar refractivity (Wildman–Crippen MR) is 91.7 cm³/mol. The van der Waals surface area contributed by atoms with E-state index in [1.165, 1.54) is 6.07 Å². The lowest BCUT2D eigenvalue weighted by molar-refractivity contribution is -0.147. The fourth-order valence-electron chi connectivity index (χ4n) is 2.49. The molecule has 0 spiro atoms. The standard InChI is InChI=1S/C18H22FN3O3/c1-11-5-6-14(9-16(11)19)20-17(23)10-25-18(24)8-7-15-12(2)21-22(4)13(15)3/h5-6,9H,7-8,10H2,1-4H3,(H,20,23). The average Bonchev–Trinajstić information content (AvgIpc) is 2.79. The number of aryl methyl sites for hydroxylation is 3. The topological polar surface area (TPSA) is 73.2 Å². The molecule has 0 bridgehead atoms. The highest BCUT2D eigenvalue weighted by Gasteiger charge is 2.13. The molecule has 1 heterocycles. The Morgan fingerprint density at radius 3 is 2.60 bits per heavy atom. The Balaban J connectivity index is 1.79. The highest BCUT2D eigenvalue weighted by atomic mass is 19.1. The lowest BCUT2D eigenvalue weighted by Gasteiger charge is -2.08. The summed E-state index contributed by atoms with van der Waals surface area (Å²) in [5, 5.41) is 6.78. The molecule has 1 N–H and O–H groups in total. The molecule has 0 aliphatic rings. The van der Waals surface area contributed by atoms with Crippen LogP contribution in [0.1, 0.15) is 28.9 Å². The van der Waals surface area contributed by atoms with Gasteiger partial charge >= 0.3 is 5.97 Å². The van der Waals surface area contributed by atoms with Gasteiger partial charge in [0, 0.05) is 24.8 Å². The van der Waals surface area contributed by atoms with Gasteiger partial charge in [-0.2, -0.15) is 5.10 Å². The van der Waals surface area contributed by atoms with E-state index >= 15 is 0 Å². The summed E-state index contributed by atoms with van der Waals surface area (Å²) in [6.45, 7) is 5.06. The van der Waals surface area contributed by atoms with Gasteiger partial charge in [0.25, 0.3) is 5.91 Å². The van der Waals surface area contributed by atoms with Gasteiger partial charge in [-0.25, -0.2) is 4.39 Å². The van der Waals surface area contributed by atoms with E-state index in [1.807, 2.05) is 20.9 Å². The van der Waals surface area contributed by atoms with Gasteiger partial charge in [-0.15, -0.1) is 0 Å². The van der Waals surface area contributed by atoms with Crippen LogP contribution >= 0.6 is 0 Å². The van der Waals surface area contributed by atoms with E-state index in [-0.39, 0.29) is 6.42 Å². The normalized spacial score (nSPS) is 10.6. The Bertz CT molecular complexity index is 799. The molecular weight excluding hydrogens is 325 g/mol. The highest BCUT2D eigenvalue weighted by molar-refractivity contribution is 5.92. The molecule has 2 aromatic rings. The van der Waals surface area contributed by atoms with E-state index < -0.39 is 24.3 Å². The molecule has 0 atom stereocenters. The van der Waals surface area contributed by atoms with Crippen molar-refractivity contribution in [2.45, 2.75) is 33.6 Å². The van der Waals surface area contributed by atoms with E-state index in [0.29, 0.717) is 17.7 Å². The molecule has 6 nitrogen and oxygen atoms in total. The minimum Gasteiger partial charge on any atom is -0.456 e. The maximum absolute atomic E-state index is 13.4. The van der Waals surface area contributed by atoms with Crippen molar-refractivity contribution < 1.29 is 18.7 Å². The zero-order valence-corrected chi connectivity index (χ0v) is 14.9. The fourth-order valence-corrected chi connectivity index (χ4v) is 2.49. The van der Waals surface area contributed by atoms with Crippen LogP contribution in [0.15, 0.2) is 18.2 Å². The third-order valence-electron chi connectivity index (χ3n) is 4.06. The average molecular weight is 347 g/mol. The van der Waals surface area contributed by atoms with Gasteiger partial charge in [0.05, 0.1) is 5.69 Å². The van der Waals surface area contributed by atoms with Crippen LogP contribution < -0.4 is 5.32 Å². The fraction of sp³-hybridized carbons (Fsp3) is 0.389. The number of ether oxygens (including phenoxy) is 1. The number of esters is 1. The number of hydrogen-bond donors (Lipinski definition) is 1. The van der Waals surface area contributed by atoms with Gasteiger partial charge in [0.2, 0.25) is 0 Å². The molecule has 7 heteroatoms. The molecule has 0 fully saturated rings. The Labute approximate surface area is 146 Å². The molecule has 1 aromatic heterocycles. The summed E-state index contributed by atoms with van der Waals surface area (Å²) in [5.41, 5.74) is 3.71. The van der Waals surface area contributed by atoms with Crippen LogP contribution in [0.4, 0.5) is 10.1 Å². The van der Waals surface area contributed by atoms with E-state index in [1.54, 1.807) is 23.7 Å². The van der Waals surface area contributed by atoms with Gasteiger partial charge < -0.3 is 10.1 Å². The molecule has 1 amide bonds. The molecule has 25 heavy (non-hydrogen) atoms. The van der Waals surface area contributed by atoms with Crippen LogP contribution in [-0.4, -0.2) is 28.3 Å². The first-order valence-electron chi connectivity index (χ1n) is 7.98. The van der Waals surface area contributed by atoms with Gasteiger partial charge in [-0.3, -0.25) is 14.3 Å². The molecule has 2 rings (SSSR count). The summed E-state index contributed by atoms with van der Waals surface area (Å²) in [5.74, 6) is -1.38. The molecular formula is C18H22FN3O3. The van der Waals surface area contributed by atoms with Gasteiger partial charge in [-0.1, -0.05) is 6.07 Å². The number of anilines is 1. The van der Waals surface area contributed by atoms with Crippen LogP contribution in [0.25, 0.3) is 0 Å². The summed E-state index contributed by atoms with van der Waals surface area (Å²) in [6.07, 6.45) is 0.676. The molecule has 0 saturated heterocycles. The van der Waals surface area contributed by atoms with Crippen molar-refractivity contribution >= 4 is 17.6 Å². The molecule has 0 radical (unpaired) electrons.